The summed E-state index contributed by atoms with van der Waals surface area (Å²) in [7, 11) is -3.82. The van der Waals surface area contributed by atoms with Crippen molar-refractivity contribution in [2.24, 2.45) is 0 Å². The number of ketones is 1. The first-order chi connectivity index (χ1) is 9.97. The Labute approximate surface area is 120 Å². The molecule has 7 heteroatoms. The van der Waals surface area contributed by atoms with Crippen LogP contribution in [0.2, 0.25) is 0 Å². The molecule has 0 bridgehead atoms. The molecule has 1 amide bonds. The molecule has 0 radical (unpaired) electrons. The van der Waals surface area contributed by atoms with Crippen molar-refractivity contribution in [1.82, 2.24) is 0 Å². The Hall–Kier alpha value is -2.67. The third kappa shape index (κ3) is 2.38. The molecule has 0 saturated carbocycles. The van der Waals surface area contributed by atoms with Gasteiger partial charge >= 0.3 is 0 Å². The van der Waals surface area contributed by atoms with E-state index in [1.54, 1.807) is 30.3 Å². The topological polar surface area (TPSA) is 92.3 Å². The molecule has 2 N–H and O–H groups in total. The fourth-order valence-electron chi connectivity index (χ4n) is 2.01. The smallest absolute Gasteiger partial charge is 0.296 e. The summed E-state index contributed by atoms with van der Waals surface area (Å²) in [6.45, 7) is 0. The van der Waals surface area contributed by atoms with Crippen molar-refractivity contribution < 1.29 is 18.0 Å². The molecule has 106 valence electrons. The number of nitrogens with one attached hydrogen (secondary N) is 2. The van der Waals surface area contributed by atoms with Gasteiger partial charge in [0.2, 0.25) is 0 Å². The number of sulfonamides is 1. The van der Waals surface area contributed by atoms with Gasteiger partial charge in [-0.3, -0.25) is 14.3 Å². The molecule has 0 unspecified atom stereocenters. The van der Waals surface area contributed by atoms with Crippen LogP contribution in [0.15, 0.2) is 53.4 Å². The molecule has 0 atom stereocenters. The van der Waals surface area contributed by atoms with E-state index in [2.05, 4.69) is 10.0 Å². The molecule has 1 aliphatic heterocycles. The number of rotatable bonds is 3. The molecule has 0 saturated heterocycles. The van der Waals surface area contributed by atoms with Crippen molar-refractivity contribution in [3.05, 3.63) is 54.1 Å². The van der Waals surface area contributed by atoms with Crippen molar-refractivity contribution >= 4 is 33.1 Å². The fraction of sp³-hybridized carbons (Fsp3) is 0. The highest BCUT2D eigenvalue weighted by Crippen LogP contribution is 2.26. The summed E-state index contributed by atoms with van der Waals surface area (Å²) in [5.41, 5.74) is 0.804. The zero-order chi connectivity index (χ0) is 15.0. The monoisotopic (exact) mass is 302 g/mol. The second-order valence-corrected chi connectivity index (χ2v) is 6.14. The van der Waals surface area contributed by atoms with E-state index < -0.39 is 21.7 Å². The van der Waals surface area contributed by atoms with Crippen LogP contribution in [0.5, 0.6) is 0 Å². The van der Waals surface area contributed by atoms with Crippen molar-refractivity contribution in [2.45, 2.75) is 4.90 Å². The summed E-state index contributed by atoms with van der Waals surface area (Å²) < 4.78 is 26.9. The van der Waals surface area contributed by atoms with E-state index in [9.17, 15) is 18.0 Å². The molecule has 3 rings (SSSR count). The molecule has 1 aliphatic rings. The maximum Gasteiger partial charge on any atom is 0.296 e. The minimum absolute atomic E-state index is 0.0657. The number of amides is 1. The van der Waals surface area contributed by atoms with Gasteiger partial charge in [-0.05, 0) is 30.3 Å². The molecule has 0 fully saturated rings. The summed E-state index contributed by atoms with van der Waals surface area (Å²) in [6.07, 6.45) is 0. The number of Topliss-reactive ketones (excluding diaryl/α,β-unsaturated/α-hetero) is 1. The van der Waals surface area contributed by atoms with Crippen molar-refractivity contribution in [3.8, 4) is 0 Å². The Morgan fingerprint density at radius 1 is 0.952 bits per heavy atom. The van der Waals surface area contributed by atoms with Crippen LogP contribution < -0.4 is 10.0 Å². The van der Waals surface area contributed by atoms with Crippen LogP contribution in [-0.4, -0.2) is 20.1 Å². The quantitative estimate of drug-likeness (QED) is 0.843. The van der Waals surface area contributed by atoms with E-state index >= 15 is 0 Å². The number of benzene rings is 2. The predicted molar refractivity (Wildman–Crippen MR) is 76.7 cm³/mol. The van der Waals surface area contributed by atoms with Gasteiger partial charge in [0.1, 0.15) is 0 Å². The molecular weight excluding hydrogens is 292 g/mol. The fourth-order valence-corrected chi connectivity index (χ4v) is 3.09. The highest BCUT2D eigenvalue weighted by Gasteiger charge is 2.29. The average molecular weight is 302 g/mol. The van der Waals surface area contributed by atoms with Gasteiger partial charge in [0.15, 0.2) is 0 Å². The number of hydrogen-bond donors (Lipinski definition) is 2. The zero-order valence-electron chi connectivity index (χ0n) is 10.7. The van der Waals surface area contributed by atoms with E-state index in [-0.39, 0.29) is 10.5 Å². The lowest BCUT2D eigenvalue weighted by Crippen LogP contribution is -2.14. The third-order valence-corrected chi connectivity index (χ3v) is 4.41. The summed E-state index contributed by atoms with van der Waals surface area (Å²) in [5.74, 6) is -1.49. The van der Waals surface area contributed by atoms with Gasteiger partial charge in [-0.1, -0.05) is 18.2 Å². The highest BCUT2D eigenvalue weighted by molar-refractivity contribution is 7.92. The van der Waals surface area contributed by atoms with Crippen LogP contribution in [0.1, 0.15) is 10.4 Å². The van der Waals surface area contributed by atoms with E-state index in [1.807, 2.05) is 0 Å². The first kappa shape index (κ1) is 13.3. The molecule has 6 nitrogen and oxygen atoms in total. The second-order valence-electron chi connectivity index (χ2n) is 4.46. The zero-order valence-corrected chi connectivity index (χ0v) is 11.5. The molecule has 0 aromatic heterocycles. The lowest BCUT2D eigenvalue weighted by Gasteiger charge is -2.08. The molecular formula is C14H10N2O4S. The van der Waals surface area contributed by atoms with E-state index in [0.717, 1.165) is 0 Å². The van der Waals surface area contributed by atoms with Crippen molar-refractivity contribution in [1.29, 1.82) is 0 Å². The van der Waals surface area contributed by atoms with Crippen LogP contribution in [0, 0.1) is 0 Å². The van der Waals surface area contributed by atoms with Crippen molar-refractivity contribution in [3.63, 3.8) is 0 Å². The summed E-state index contributed by atoms with van der Waals surface area (Å²) in [5, 5.41) is 2.37. The third-order valence-electron chi connectivity index (χ3n) is 3.03. The van der Waals surface area contributed by atoms with Gasteiger partial charge in [-0.2, -0.15) is 0 Å². The maximum absolute atomic E-state index is 12.3. The van der Waals surface area contributed by atoms with Gasteiger partial charge in [0.25, 0.3) is 21.7 Å². The Balaban J connectivity index is 1.98. The van der Waals surface area contributed by atoms with E-state index in [4.69, 9.17) is 0 Å². The van der Waals surface area contributed by atoms with Crippen LogP contribution in [0.3, 0.4) is 0 Å². The van der Waals surface area contributed by atoms with E-state index in [1.165, 1.54) is 18.2 Å². The molecule has 21 heavy (non-hydrogen) atoms. The largest absolute Gasteiger partial charge is 0.318 e. The Kier molecular flexibility index (Phi) is 2.99. The number of para-hydroxylation sites is 1. The lowest BCUT2D eigenvalue weighted by molar-refractivity contribution is -0.112. The number of carbonyl (C=O) groups is 2. The summed E-state index contributed by atoms with van der Waals surface area (Å²) in [4.78, 5) is 22.8. The van der Waals surface area contributed by atoms with Crippen LogP contribution in [-0.2, 0) is 14.8 Å². The minimum atomic E-state index is -3.82. The molecule has 0 aliphatic carbocycles. The van der Waals surface area contributed by atoms with Crippen LogP contribution >= 0.6 is 0 Å². The Morgan fingerprint density at radius 2 is 1.67 bits per heavy atom. The number of anilines is 2. The van der Waals surface area contributed by atoms with Gasteiger partial charge in [-0.25, -0.2) is 8.42 Å². The average Bonchev–Trinajstić information content (AvgIpc) is 2.74. The maximum atomic E-state index is 12.3. The standard InChI is InChI=1S/C14H10N2O4S/c17-13-11-8-10(6-7-12(11)15-14(13)18)21(19,20)16-9-4-2-1-3-5-9/h1-8,16H,(H,15,17,18). The summed E-state index contributed by atoms with van der Waals surface area (Å²) in [6, 6.07) is 12.3. The van der Waals surface area contributed by atoms with Gasteiger partial charge in [0.05, 0.1) is 16.1 Å². The first-order valence-electron chi connectivity index (χ1n) is 6.05. The molecule has 1 heterocycles. The van der Waals surface area contributed by atoms with Crippen LogP contribution in [0.25, 0.3) is 0 Å². The molecule has 2 aromatic carbocycles. The SMILES string of the molecule is O=C1Nc2ccc(S(=O)(=O)Nc3ccccc3)cc2C1=O. The number of hydrogen-bond acceptors (Lipinski definition) is 4. The van der Waals surface area contributed by atoms with Crippen LogP contribution in [0.4, 0.5) is 11.4 Å². The Bertz CT molecular complexity index is 845. The summed E-state index contributed by atoms with van der Waals surface area (Å²) >= 11 is 0. The first-order valence-corrected chi connectivity index (χ1v) is 7.53. The van der Waals surface area contributed by atoms with Crippen molar-refractivity contribution in [2.75, 3.05) is 10.0 Å². The van der Waals surface area contributed by atoms with Gasteiger partial charge < -0.3 is 5.32 Å². The minimum Gasteiger partial charge on any atom is -0.318 e. The highest BCUT2D eigenvalue weighted by atomic mass is 32.2. The normalized spacial score (nSPS) is 13.7. The number of carbonyl (C=O) groups excluding carboxylic acids is 2. The number of fused-ring (bicyclic) bond motifs is 1. The Morgan fingerprint density at radius 3 is 2.38 bits per heavy atom. The lowest BCUT2D eigenvalue weighted by atomic mass is 10.1. The molecule has 2 aromatic rings. The second kappa shape index (κ2) is 4.71. The molecule has 0 spiro atoms. The van der Waals surface area contributed by atoms with Gasteiger partial charge in [-0.15, -0.1) is 0 Å². The van der Waals surface area contributed by atoms with Gasteiger partial charge in [0, 0.05) is 5.69 Å². The predicted octanol–water partition coefficient (Wildman–Crippen LogP) is 1.62. The van der Waals surface area contributed by atoms with E-state index in [0.29, 0.717) is 11.4 Å².